The van der Waals surface area contributed by atoms with Crippen LogP contribution in [0.3, 0.4) is 0 Å². The molecule has 2 aliphatic rings. The molecule has 0 radical (unpaired) electrons. The molecule has 3 rings (SSSR count). The van der Waals surface area contributed by atoms with Crippen molar-refractivity contribution in [3.63, 3.8) is 0 Å². The van der Waals surface area contributed by atoms with Crippen LogP contribution in [-0.4, -0.2) is 49.4 Å². The van der Waals surface area contributed by atoms with E-state index >= 15 is 0 Å². The number of anilines is 1. The first kappa shape index (κ1) is 15.4. The molecule has 0 aromatic heterocycles. The highest BCUT2D eigenvalue weighted by molar-refractivity contribution is 8.16. The fraction of sp³-hybridized carbons (Fsp3) is 0.429. The minimum absolute atomic E-state index is 0.0821. The number of sulfone groups is 1. The smallest absolute Gasteiger partial charge is 0.244 e. The number of aliphatic imine (C=N–C) groups is 1. The highest BCUT2D eigenvalue weighted by Gasteiger charge is 2.49. The molecule has 8 heteroatoms. The van der Waals surface area contributed by atoms with Crippen LogP contribution in [0.4, 0.5) is 5.69 Å². The van der Waals surface area contributed by atoms with Crippen LogP contribution in [0.1, 0.15) is 6.92 Å². The Morgan fingerprint density at radius 2 is 2.18 bits per heavy atom. The lowest BCUT2D eigenvalue weighted by Gasteiger charge is -2.24. The summed E-state index contributed by atoms with van der Waals surface area (Å²) in [5.74, 6) is 0.589. The first-order valence-corrected chi connectivity index (χ1v) is 9.49. The van der Waals surface area contributed by atoms with Crippen molar-refractivity contribution in [3.05, 3.63) is 24.3 Å². The van der Waals surface area contributed by atoms with Crippen molar-refractivity contribution in [1.29, 1.82) is 0 Å². The van der Waals surface area contributed by atoms with Crippen molar-refractivity contribution in [2.75, 3.05) is 23.5 Å². The predicted molar refractivity (Wildman–Crippen MR) is 87.4 cm³/mol. The van der Waals surface area contributed by atoms with Gasteiger partial charge < -0.3 is 9.64 Å². The normalized spacial score (nSPS) is 27.9. The van der Waals surface area contributed by atoms with Gasteiger partial charge in [-0.2, -0.15) is 4.99 Å². The standard InChI is InChI=1S/C14H16N2O4S2/c1-9(17)15-14-16(10-4-3-5-11(6-10)20-2)12-7-22(18,19)8-13(12)21-14/h3-6,12-13H,7-8H2,1-2H3/t12-,13-/m0/s1. The Morgan fingerprint density at radius 1 is 1.41 bits per heavy atom. The molecule has 6 nitrogen and oxygen atoms in total. The van der Waals surface area contributed by atoms with Gasteiger partial charge in [0, 0.05) is 23.9 Å². The molecule has 22 heavy (non-hydrogen) atoms. The van der Waals surface area contributed by atoms with Gasteiger partial charge in [-0.3, -0.25) is 4.79 Å². The van der Waals surface area contributed by atoms with Gasteiger partial charge in [0.25, 0.3) is 0 Å². The molecule has 0 bridgehead atoms. The van der Waals surface area contributed by atoms with Crippen LogP contribution in [0.25, 0.3) is 0 Å². The molecule has 0 saturated carbocycles. The van der Waals surface area contributed by atoms with Crippen molar-refractivity contribution < 1.29 is 17.9 Å². The van der Waals surface area contributed by atoms with Crippen molar-refractivity contribution in [1.82, 2.24) is 0 Å². The van der Waals surface area contributed by atoms with Crippen LogP contribution in [-0.2, 0) is 14.6 Å². The van der Waals surface area contributed by atoms with Crippen LogP contribution >= 0.6 is 11.8 Å². The quantitative estimate of drug-likeness (QED) is 0.808. The van der Waals surface area contributed by atoms with Gasteiger partial charge in [-0.1, -0.05) is 17.8 Å². The summed E-state index contributed by atoms with van der Waals surface area (Å²) in [5.41, 5.74) is 0.788. The lowest BCUT2D eigenvalue weighted by atomic mass is 10.2. The van der Waals surface area contributed by atoms with Crippen molar-refractivity contribution in [3.8, 4) is 5.75 Å². The highest BCUT2D eigenvalue weighted by Crippen LogP contribution is 2.41. The number of nitrogens with zero attached hydrogens (tertiary/aromatic N) is 2. The average molecular weight is 340 g/mol. The number of ether oxygens (including phenoxy) is 1. The van der Waals surface area contributed by atoms with Gasteiger partial charge in [-0.25, -0.2) is 8.42 Å². The Labute approximate surface area is 133 Å². The summed E-state index contributed by atoms with van der Waals surface area (Å²) < 4.78 is 29.0. The summed E-state index contributed by atoms with van der Waals surface area (Å²) in [6.07, 6.45) is 0. The molecule has 118 valence electrons. The number of thioether (sulfide) groups is 1. The number of hydrogen-bond donors (Lipinski definition) is 0. The first-order valence-electron chi connectivity index (χ1n) is 6.79. The van der Waals surface area contributed by atoms with E-state index in [9.17, 15) is 13.2 Å². The summed E-state index contributed by atoms with van der Waals surface area (Å²) in [6.45, 7) is 1.39. The minimum Gasteiger partial charge on any atom is -0.497 e. The molecule has 1 amide bonds. The molecular formula is C14H16N2O4S2. The maximum Gasteiger partial charge on any atom is 0.244 e. The van der Waals surface area contributed by atoms with E-state index < -0.39 is 9.84 Å². The maximum atomic E-state index is 11.9. The zero-order valence-corrected chi connectivity index (χ0v) is 13.9. The van der Waals surface area contributed by atoms with E-state index in [1.807, 2.05) is 29.2 Å². The fourth-order valence-corrected chi connectivity index (χ4v) is 6.72. The van der Waals surface area contributed by atoms with Crippen LogP contribution in [0, 0.1) is 0 Å². The minimum atomic E-state index is -3.05. The summed E-state index contributed by atoms with van der Waals surface area (Å²) in [7, 11) is -1.47. The molecule has 0 spiro atoms. The maximum absolute atomic E-state index is 11.9. The third kappa shape index (κ3) is 2.85. The van der Waals surface area contributed by atoms with Gasteiger partial charge in [0.2, 0.25) is 5.91 Å². The molecular weight excluding hydrogens is 324 g/mol. The first-order chi connectivity index (χ1) is 10.4. The molecule has 0 aliphatic carbocycles. The summed E-state index contributed by atoms with van der Waals surface area (Å²) in [6, 6.07) is 7.15. The Kier molecular flexibility index (Phi) is 3.90. The summed E-state index contributed by atoms with van der Waals surface area (Å²) in [4.78, 5) is 17.3. The van der Waals surface area contributed by atoms with Gasteiger partial charge in [-0.15, -0.1) is 0 Å². The molecule has 2 fully saturated rings. The van der Waals surface area contributed by atoms with E-state index in [4.69, 9.17) is 4.74 Å². The number of rotatable bonds is 2. The summed E-state index contributed by atoms with van der Waals surface area (Å²) >= 11 is 1.36. The van der Waals surface area contributed by atoms with Gasteiger partial charge in [-0.05, 0) is 12.1 Å². The second-order valence-corrected chi connectivity index (χ2v) is 8.65. The van der Waals surface area contributed by atoms with E-state index in [2.05, 4.69) is 4.99 Å². The average Bonchev–Trinajstić information content (AvgIpc) is 2.89. The van der Waals surface area contributed by atoms with Gasteiger partial charge in [0.05, 0.1) is 24.7 Å². The lowest BCUT2D eigenvalue weighted by Crippen LogP contribution is -2.37. The molecule has 0 unspecified atom stereocenters. The second kappa shape index (κ2) is 5.58. The lowest BCUT2D eigenvalue weighted by molar-refractivity contribution is -0.115. The third-order valence-electron chi connectivity index (χ3n) is 3.65. The number of amides is 1. The monoisotopic (exact) mass is 340 g/mol. The Morgan fingerprint density at radius 3 is 2.86 bits per heavy atom. The molecule has 2 saturated heterocycles. The van der Waals surface area contributed by atoms with Crippen LogP contribution < -0.4 is 9.64 Å². The van der Waals surface area contributed by atoms with E-state index in [1.54, 1.807) is 7.11 Å². The van der Waals surface area contributed by atoms with Crippen molar-refractivity contribution >= 4 is 38.4 Å². The molecule has 0 N–H and O–H groups in total. The zero-order chi connectivity index (χ0) is 15.9. The number of hydrogen-bond acceptors (Lipinski definition) is 5. The number of fused-ring (bicyclic) bond motifs is 1. The fourth-order valence-electron chi connectivity index (χ4n) is 2.76. The molecule has 1 aromatic carbocycles. The topological polar surface area (TPSA) is 76.0 Å². The second-order valence-electron chi connectivity index (χ2n) is 5.29. The van der Waals surface area contributed by atoms with Gasteiger partial charge in [0.15, 0.2) is 15.0 Å². The number of benzene rings is 1. The molecule has 2 heterocycles. The number of amidine groups is 1. The molecule has 2 atom stereocenters. The zero-order valence-electron chi connectivity index (χ0n) is 12.2. The van der Waals surface area contributed by atoms with Crippen molar-refractivity contribution in [2.45, 2.75) is 18.2 Å². The predicted octanol–water partition coefficient (Wildman–Crippen LogP) is 1.32. The largest absolute Gasteiger partial charge is 0.497 e. The van der Waals surface area contributed by atoms with E-state index in [-0.39, 0.29) is 28.7 Å². The SMILES string of the molecule is COc1cccc(N2C(=NC(C)=O)S[C@H]3CS(=O)(=O)C[C@@H]32)c1. The van der Waals surface area contributed by atoms with Crippen molar-refractivity contribution in [2.24, 2.45) is 4.99 Å². The Balaban J connectivity index is 2.04. The van der Waals surface area contributed by atoms with Gasteiger partial charge in [0.1, 0.15) is 5.75 Å². The van der Waals surface area contributed by atoms with E-state index in [1.165, 1.54) is 18.7 Å². The van der Waals surface area contributed by atoms with Gasteiger partial charge >= 0.3 is 0 Å². The molecule has 2 aliphatic heterocycles. The number of carbonyl (C=O) groups is 1. The highest BCUT2D eigenvalue weighted by atomic mass is 32.2. The van der Waals surface area contributed by atoms with Crippen LogP contribution in [0.15, 0.2) is 29.3 Å². The Bertz CT molecular complexity index is 745. The number of carbonyl (C=O) groups excluding carboxylic acids is 1. The van der Waals surface area contributed by atoms with E-state index in [0.29, 0.717) is 10.9 Å². The molecule has 1 aromatic rings. The van der Waals surface area contributed by atoms with E-state index in [0.717, 1.165) is 5.69 Å². The number of methoxy groups -OCH3 is 1. The Hall–Kier alpha value is -1.54. The third-order valence-corrected chi connectivity index (χ3v) is 6.86. The van der Waals surface area contributed by atoms with Crippen LogP contribution in [0.5, 0.6) is 5.75 Å². The van der Waals surface area contributed by atoms with Crippen LogP contribution in [0.2, 0.25) is 0 Å². The summed E-state index contributed by atoms with van der Waals surface area (Å²) in [5, 5.41) is 0.472.